The lowest BCUT2D eigenvalue weighted by molar-refractivity contribution is 0.205. The summed E-state index contributed by atoms with van der Waals surface area (Å²) >= 11 is 0. The first kappa shape index (κ1) is 10.3. The molecule has 2 heterocycles. The van der Waals surface area contributed by atoms with Gasteiger partial charge in [0.15, 0.2) is 11.5 Å². The van der Waals surface area contributed by atoms with E-state index in [9.17, 15) is 5.11 Å². The normalized spacial score (nSPS) is 33.8. The van der Waals surface area contributed by atoms with Gasteiger partial charge in [0.25, 0.3) is 0 Å². The van der Waals surface area contributed by atoms with E-state index >= 15 is 0 Å². The Morgan fingerprint density at radius 1 is 1.44 bits per heavy atom. The standard InChI is InChI=1S/C12H15N5O/c13-10-9-11(15-5-14-10)17(6-16-9)8-1-2-12(4-18)3-7(8)12/h5-8,18H,1-4H2,(H2,13,14,15)/t7-,8+,12-/m0/s1. The summed E-state index contributed by atoms with van der Waals surface area (Å²) in [5, 5.41) is 9.47. The van der Waals surface area contributed by atoms with Gasteiger partial charge in [-0.2, -0.15) is 0 Å². The highest BCUT2D eigenvalue weighted by molar-refractivity contribution is 5.81. The van der Waals surface area contributed by atoms with Crippen LogP contribution >= 0.6 is 0 Å². The molecular weight excluding hydrogens is 230 g/mol. The molecule has 2 aromatic rings. The first-order valence-electron chi connectivity index (χ1n) is 6.29. The summed E-state index contributed by atoms with van der Waals surface area (Å²) in [4.78, 5) is 12.6. The van der Waals surface area contributed by atoms with E-state index < -0.39 is 0 Å². The van der Waals surface area contributed by atoms with Gasteiger partial charge in [0, 0.05) is 12.6 Å². The van der Waals surface area contributed by atoms with Gasteiger partial charge < -0.3 is 15.4 Å². The van der Waals surface area contributed by atoms with E-state index in [4.69, 9.17) is 5.73 Å². The molecule has 0 radical (unpaired) electrons. The summed E-state index contributed by atoms with van der Waals surface area (Å²) in [6.07, 6.45) is 6.59. The summed E-state index contributed by atoms with van der Waals surface area (Å²) in [5.74, 6) is 0.997. The first-order valence-corrected chi connectivity index (χ1v) is 6.29. The first-order chi connectivity index (χ1) is 8.75. The third kappa shape index (κ3) is 1.13. The number of hydrogen-bond acceptors (Lipinski definition) is 5. The van der Waals surface area contributed by atoms with Crippen molar-refractivity contribution in [3.63, 3.8) is 0 Å². The molecule has 0 amide bonds. The maximum absolute atomic E-state index is 9.47. The van der Waals surface area contributed by atoms with Crippen molar-refractivity contribution in [2.24, 2.45) is 11.3 Å². The predicted molar refractivity (Wildman–Crippen MR) is 65.6 cm³/mol. The molecule has 2 fully saturated rings. The molecule has 18 heavy (non-hydrogen) atoms. The molecule has 6 nitrogen and oxygen atoms in total. The van der Waals surface area contributed by atoms with Gasteiger partial charge in [-0.25, -0.2) is 15.0 Å². The number of fused-ring (bicyclic) bond motifs is 2. The molecule has 2 aromatic heterocycles. The minimum atomic E-state index is 0.180. The predicted octanol–water partition coefficient (Wildman–Crippen LogP) is 0.742. The van der Waals surface area contributed by atoms with E-state index in [0.29, 0.717) is 29.9 Å². The molecule has 0 saturated heterocycles. The van der Waals surface area contributed by atoms with Gasteiger partial charge in [0.05, 0.1) is 6.33 Å². The Labute approximate surface area is 104 Å². The van der Waals surface area contributed by atoms with Crippen LogP contribution in [0.3, 0.4) is 0 Å². The Hall–Kier alpha value is -1.69. The summed E-state index contributed by atoms with van der Waals surface area (Å²) in [6.45, 7) is 0.303. The SMILES string of the molecule is Nc1ncnc2c1ncn2[C@@H]1CC[C@@]2(CO)C[C@@H]12. The lowest BCUT2D eigenvalue weighted by Gasteiger charge is -2.13. The summed E-state index contributed by atoms with van der Waals surface area (Å²) in [5.41, 5.74) is 7.47. The van der Waals surface area contributed by atoms with Gasteiger partial charge >= 0.3 is 0 Å². The molecule has 94 valence electrons. The quantitative estimate of drug-likeness (QED) is 0.814. The van der Waals surface area contributed by atoms with Crippen LogP contribution in [-0.2, 0) is 0 Å². The lowest BCUT2D eigenvalue weighted by Crippen LogP contribution is -2.09. The number of hydrogen-bond donors (Lipinski definition) is 2. The van der Waals surface area contributed by atoms with E-state index in [1.54, 1.807) is 0 Å². The van der Waals surface area contributed by atoms with Crippen molar-refractivity contribution in [2.45, 2.75) is 25.3 Å². The lowest BCUT2D eigenvalue weighted by atomic mass is 10.1. The molecule has 0 bridgehead atoms. The largest absolute Gasteiger partial charge is 0.396 e. The molecule has 6 heteroatoms. The molecule has 3 N–H and O–H groups in total. The zero-order chi connectivity index (χ0) is 12.3. The second-order valence-electron chi connectivity index (χ2n) is 5.52. The van der Waals surface area contributed by atoms with E-state index in [0.717, 1.165) is 24.9 Å². The van der Waals surface area contributed by atoms with Crippen LogP contribution in [0.5, 0.6) is 0 Å². The molecule has 4 rings (SSSR count). The summed E-state index contributed by atoms with van der Waals surface area (Å²) in [6, 6.07) is 0.399. The average molecular weight is 245 g/mol. The summed E-state index contributed by atoms with van der Waals surface area (Å²) in [7, 11) is 0. The third-order valence-corrected chi connectivity index (χ3v) is 4.71. The Balaban J connectivity index is 1.79. The highest BCUT2D eigenvalue weighted by atomic mass is 16.3. The highest BCUT2D eigenvalue weighted by Crippen LogP contribution is 2.67. The van der Waals surface area contributed by atoms with Crippen molar-refractivity contribution in [3.05, 3.63) is 12.7 Å². The van der Waals surface area contributed by atoms with Gasteiger partial charge in [-0.3, -0.25) is 0 Å². The monoisotopic (exact) mass is 245 g/mol. The van der Waals surface area contributed by atoms with Gasteiger partial charge in [0.2, 0.25) is 0 Å². The van der Waals surface area contributed by atoms with E-state index in [1.807, 2.05) is 6.33 Å². The molecular formula is C12H15N5O. The molecule has 2 saturated carbocycles. The van der Waals surface area contributed by atoms with Crippen LogP contribution in [0.15, 0.2) is 12.7 Å². The van der Waals surface area contributed by atoms with Crippen LogP contribution in [0, 0.1) is 11.3 Å². The number of nitrogen functional groups attached to an aromatic ring is 1. The van der Waals surface area contributed by atoms with Gasteiger partial charge in [0.1, 0.15) is 11.8 Å². The van der Waals surface area contributed by atoms with Crippen LogP contribution in [0.2, 0.25) is 0 Å². The number of aromatic nitrogens is 4. The Morgan fingerprint density at radius 2 is 2.33 bits per heavy atom. The number of aliphatic hydroxyl groups is 1. The molecule has 2 aliphatic rings. The molecule has 0 aliphatic heterocycles. The number of imidazole rings is 1. The minimum Gasteiger partial charge on any atom is -0.396 e. The molecule has 0 spiro atoms. The zero-order valence-corrected chi connectivity index (χ0v) is 9.95. The van der Waals surface area contributed by atoms with Crippen molar-refractivity contribution in [1.29, 1.82) is 0 Å². The topological polar surface area (TPSA) is 89.9 Å². The fraction of sp³-hybridized carbons (Fsp3) is 0.583. The van der Waals surface area contributed by atoms with Crippen molar-refractivity contribution < 1.29 is 5.11 Å². The van der Waals surface area contributed by atoms with Crippen LogP contribution < -0.4 is 5.73 Å². The maximum atomic E-state index is 9.47. The fourth-order valence-corrected chi connectivity index (χ4v) is 3.55. The Morgan fingerprint density at radius 3 is 3.06 bits per heavy atom. The summed E-state index contributed by atoms with van der Waals surface area (Å²) < 4.78 is 2.11. The van der Waals surface area contributed by atoms with Gasteiger partial charge in [-0.05, 0) is 30.6 Å². The Bertz CT molecular complexity index is 624. The van der Waals surface area contributed by atoms with E-state index in [1.165, 1.54) is 6.33 Å². The highest BCUT2D eigenvalue weighted by Gasteiger charge is 2.61. The van der Waals surface area contributed by atoms with Crippen LogP contribution in [0.1, 0.15) is 25.3 Å². The maximum Gasteiger partial charge on any atom is 0.165 e. The van der Waals surface area contributed by atoms with Crippen LogP contribution in [-0.4, -0.2) is 31.2 Å². The molecule has 0 unspecified atom stereocenters. The number of aliphatic hydroxyl groups excluding tert-OH is 1. The van der Waals surface area contributed by atoms with Crippen LogP contribution in [0.25, 0.3) is 11.2 Å². The van der Waals surface area contributed by atoms with Crippen LogP contribution in [0.4, 0.5) is 5.82 Å². The zero-order valence-electron chi connectivity index (χ0n) is 9.95. The van der Waals surface area contributed by atoms with Gasteiger partial charge in [-0.1, -0.05) is 0 Å². The Kier molecular flexibility index (Phi) is 1.82. The number of anilines is 1. The molecule has 0 aromatic carbocycles. The van der Waals surface area contributed by atoms with Gasteiger partial charge in [-0.15, -0.1) is 0 Å². The average Bonchev–Trinajstić information content (AvgIpc) is 2.78. The second-order valence-corrected chi connectivity index (χ2v) is 5.52. The van der Waals surface area contributed by atoms with E-state index in [-0.39, 0.29) is 5.41 Å². The van der Waals surface area contributed by atoms with E-state index in [2.05, 4.69) is 19.5 Å². The van der Waals surface area contributed by atoms with Crippen molar-refractivity contribution in [2.75, 3.05) is 12.3 Å². The fourth-order valence-electron chi connectivity index (χ4n) is 3.55. The van der Waals surface area contributed by atoms with Crippen molar-refractivity contribution in [3.8, 4) is 0 Å². The number of nitrogens with two attached hydrogens (primary N) is 1. The third-order valence-electron chi connectivity index (χ3n) is 4.71. The minimum absolute atomic E-state index is 0.180. The van der Waals surface area contributed by atoms with Crippen molar-refractivity contribution >= 4 is 17.0 Å². The molecule has 2 aliphatic carbocycles. The second kappa shape index (κ2) is 3.20. The van der Waals surface area contributed by atoms with Crippen molar-refractivity contribution in [1.82, 2.24) is 19.5 Å². The smallest absolute Gasteiger partial charge is 0.165 e. The number of nitrogens with zero attached hydrogens (tertiary/aromatic N) is 4. The molecule has 3 atom stereocenters. The number of rotatable bonds is 2.